The van der Waals surface area contributed by atoms with E-state index in [1.165, 1.54) is 18.2 Å². The van der Waals surface area contributed by atoms with Crippen LogP contribution >= 0.6 is 0 Å². The average molecular weight is 274 g/mol. The van der Waals surface area contributed by atoms with Crippen LogP contribution in [0, 0.1) is 11.6 Å². The SMILES string of the molecule is CC1CCC(O)(c2c(F)cccc2F)c2ccccc21. The van der Waals surface area contributed by atoms with E-state index >= 15 is 0 Å². The molecule has 2 unspecified atom stereocenters. The van der Waals surface area contributed by atoms with E-state index in [1.54, 1.807) is 12.1 Å². The molecule has 0 heterocycles. The molecule has 20 heavy (non-hydrogen) atoms. The van der Waals surface area contributed by atoms with Crippen LogP contribution in [0.5, 0.6) is 0 Å². The van der Waals surface area contributed by atoms with Gasteiger partial charge in [-0.25, -0.2) is 8.78 Å². The van der Waals surface area contributed by atoms with Crippen molar-refractivity contribution in [2.45, 2.75) is 31.3 Å². The highest BCUT2D eigenvalue weighted by molar-refractivity contribution is 5.45. The molecule has 3 heteroatoms. The molecule has 0 radical (unpaired) electrons. The van der Waals surface area contributed by atoms with Gasteiger partial charge in [0, 0.05) is 0 Å². The molecule has 1 N–H and O–H groups in total. The Bertz CT molecular complexity index is 633. The summed E-state index contributed by atoms with van der Waals surface area (Å²) in [5.74, 6) is -1.12. The number of aliphatic hydroxyl groups is 1. The van der Waals surface area contributed by atoms with Crippen LogP contribution < -0.4 is 0 Å². The molecule has 0 bridgehead atoms. The first kappa shape index (κ1) is 13.3. The summed E-state index contributed by atoms with van der Waals surface area (Å²) in [5.41, 5.74) is -0.246. The molecule has 3 rings (SSSR count). The number of hydrogen-bond donors (Lipinski definition) is 1. The van der Waals surface area contributed by atoms with E-state index in [0.717, 1.165) is 5.56 Å². The van der Waals surface area contributed by atoms with Crippen molar-refractivity contribution in [3.63, 3.8) is 0 Å². The Morgan fingerprint density at radius 1 is 1.05 bits per heavy atom. The maximum Gasteiger partial charge on any atom is 0.132 e. The van der Waals surface area contributed by atoms with E-state index in [2.05, 4.69) is 6.92 Å². The van der Waals surface area contributed by atoms with Gasteiger partial charge in [0.05, 0.1) is 5.56 Å². The van der Waals surface area contributed by atoms with E-state index < -0.39 is 17.2 Å². The Balaban J connectivity index is 2.26. The summed E-state index contributed by atoms with van der Waals surface area (Å²) in [4.78, 5) is 0. The topological polar surface area (TPSA) is 20.2 Å². The third-order valence-corrected chi connectivity index (χ3v) is 4.25. The molecule has 2 aromatic rings. The molecule has 2 atom stereocenters. The predicted octanol–water partition coefficient (Wildman–Crippen LogP) is 4.10. The molecule has 0 amide bonds. The van der Waals surface area contributed by atoms with Crippen LogP contribution in [-0.4, -0.2) is 5.11 Å². The Kier molecular flexibility index (Phi) is 3.09. The van der Waals surface area contributed by atoms with E-state index in [0.29, 0.717) is 18.4 Å². The number of halogens is 2. The van der Waals surface area contributed by atoms with Crippen LogP contribution in [0.25, 0.3) is 0 Å². The van der Waals surface area contributed by atoms with E-state index in [4.69, 9.17) is 0 Å². The van der Waals surface area contributed by atoms with Gasteiger partial charge in [0.2, 0.25) is 0 Å². The lowest BCUT2D eigenvalue weighted by atomic mass is 9.71. The molecule has 0 fully saturated rings. The smallest absolute Gasteiger partial charge is 0.132 e. The summed E-state index contributed by atoms with van der Waals surface area (Å²) in [6, 6.07) is 11.1. The van der Waals surface area contributed by atoms with Gasteiger partial charge in [-0.15, -0.1) is 0 Å². The number of hydrogen-bond acceptors (Lipinski definition) is 1. The number of fused-ring (bicyclic) bond motifs is 1. The summed E-state index contributed by atoms with van der Waals surface area (Å²) >= 11 is 0. The molecule has 0 saturated heterocycles. The maximum absolute atomic E-state index is 14.1. The monoisotopic (exact) mass is 274 g/mol. The van der Waals surface area contributed by atoms with Crippen molar-refractivity contribution in [3.05, 3.63) is 70.8 Å². The minimum absolute atomic E-state index is 0.237. The maximum atomic E-state index is 14.1. The first-order valence-corrected chi connectivity index (χ1v) is 6.80. The summed E-state index contributed by atoms with van der Waals surface area (Å²) in [5, 5.41) is 11.0. The zero-order valence-electron chi connectivity index (χ0n) is 11.2. The number of rotatable bonds is 1. The zero-order chi connectivity index (χ0) is 14.3. The van der Waals surface area contributed by atoms with Crippen LogP contribution in [0.1, 0.15) is 42.4 Å². The van der Waals surface area contributed by atoms with Crippen LogP contribution in [0.4, 0.5) is 8.78 Å². The predicted molar refractivity (Wildman–Crippen MR) is 73.4 cm³/mol. The Hall–Kier alpha value is -1.74. The average Bonchev–Trinajstić information content (AvgIpc) is 2.43. The van der Waals surface area contributed by atoms with Crippen molar-refractivity contribution in [1.29, 1.82) is 0 Å². The summed E-state index contributed by atoms with van der Waals surface area (Å²) in [6.45, 7) is 2.07. The van der Waals surface area contributed by atoms with Crippen molar-refractivity contribution in [2.24, 2.45) is 0 Å². The van der Waals surface area contributed by atoms with Gasteiger partial charge >= 0.3 is 0 Å². The first-order valence-electron chi connectivity index (χ1n) is 6.80. The lowest BCUT2D eigenvalue weighted by molar-refractivity contribution is 0.0504. The second-order valence-electron chi connectivity index (χ2n) is 5.48. The van der Waals surface area contributed by atoms with Gasteiger partial charge in [-0.05, 0) is 42.0 Å². The lowest BCUT2D eigenvalue weighted by Crippen LogP contribution is -2.34. The molecule has 1 aliphatic carbocycles. The van der Waals surface area contributed by atoms with Gasteiger partial charge in [0.25, 0.3) is 0 Å². The highest BCUT2D eigenvalue weighted by Crippen LogP contribution is 2.46. The third-order valence-electron chi connectivity index (χ3n) is 4.25. The molecule has 1 nitrogen and oxygen atoms in total. The Labute approximate surface area is 116 Å². The molecule has 2 aromatic carbocycles. The van der Waals surface area contributed by atoms with Gasteiger partial charge in [0.15, 0.2) is 0 Å². The van der Waals surface area contributed by atoms with Gasteiger partial charge in [0.1, 0.15) is 17.2 Å². The molecule has 1 aliphatic rings. The standard InChI is InChI=1S/C17H16F2O/c1-11-9-10-17(20,13-6-3-2-5-12(11)13)16-14(18)7-4-8-15(16)19/h2-8,11,20H,9-10H2,1H3. The van der Waals surface area contributed by atoms with E-state index in [-0.39, 0.29) is 11.5 Å². The van der Waals surface area contributed by atoms with Gasteiger partial charge in [-0.2, -0.15) is 0 Å². The van der Waals surface area contributed by atoms with E-state index in [1.807, 2.05) is 12.1 Å². The summed E-state index contributed by atoms with van der Waals surface area (Å²) in [6.07, 6.45) is 1.02. The van der Waals surface area contributed by atoms with Crippen molar-refractivity contribution >= 4 is 0 Å². The third kappa shape index (κ3) is 1.85. The molecular weight excluding hydrogens is 258 g/mol. The molecule has 104 valence electrons. The Morgan fingerprint density at radius 3 is 2.40 bits per heavy atom. The summed E-state index contributed by atoms with van der Waals surface area (Å²) in [7, 11) is 0. The highest BCUT2D eigenvalue weighted by atomic mass is 19.1. The van der Waals surface area contributed by atoms with Gasteiger partial charge in [-0.3, -0.25) is 0 Å². The van der Waals surface area contributed by atoms with Crippen molar-refractivity contribution in [1.82, 2.24) is 0 Å². The van der Waals surface area contributed by atoms with Crippen LogP contribution in [0.15, 0.2) is 42.5 Å². The molecular formula is C17H16F2O. The van der Waals surface area contributed by atoms with E-state index in [9.17, 15) is 13.9 Å². The van der Waals surface area contributed by atoms with Crippen molar-refractivity contribution in [3.8, 4) is 0 Å². The fourth-order valence-corrected chi connectivity index (χ4v) is 3.17. The molecule has 0 aromatic heterocycles. The molecule has 0 spiro atoms. The number of benzene rings is 2. The normalized spacial score (nSPS) is 25.3. The minimum atomic E-state index is -1.58. The minimum Gasteiger partial charge on any atom is -0.380 e. The van der Waals surface area contributed by atoms with Crippen LogP contribution in [0.2, 0.25) is 0 Å². The Morgan fingerprint density at radius 2 is 1.70 bits per heavy atom. The first-order chi connectivity index (χ1) is 9.54. The van der Waals surface area contributed by atoms with Gasteiger partial charge < -0.3 is 5.11 Å². The van der Waals surface area contributed by atoms with Crippen molar-refractivity contribution < 1.29 is 13.9 Å². The second-order valence-corrected chi connectivity index (χ2v) is 5.48. The second kappa shape index (κ2) is 4.67. The van der Waals surface area contributed by atoms with Crippen LogP contribution in [-0.2, 0) is 5.60 Å². The molecule has 0 aliphatic heterocycles. The fourth-order valence-electron chi connectivity index (χ4n) is 3.17. The quantitative estimate of drug-likeness (QED) is 0.830. The summed E-state index contributed by atoms with van der Waals surface area (Å²) < 4.78 is 28.1. The fraction of sp³-hybridized carbons (Fsp3) is 0.294. The largest absolute Gasteiger partial charge is 0.380 e. The van der Waals surface area contributed by atoms with Crippen molar-refractivity contribution in [2.75, 3.05) is 0 Å². The highest BCUT2D eigenvalue weighted by Gasteiger charge is 2.41. The lowest BCUT2D eigenvalue weighted by Gasteiger charge is -2.38. The molecule has 0 saturated carbocycles. The zero-order valence-corrected chi connectivity index (χ0v) is 11.2. The van der Waals surface area contributed by atoms with Crippen LogP contribution in [0.3, 0.4) is 0 Å². The van der Waals surface area contributed by atoms with Gasteiger partial charge in [-0.1, -0.05) is 37.3 Å².